The summed E-state index contributed by atoms with van der Waals surface area (Å²) in [5.74, 6) is -4.87. The molecule has 1 aliphatic heterocycles. The van der Waals surface area contributed by atoms with Gasteiger partial charge in [-0.1, -0.05) is 0 Å². The zero-order valence-corrected chi connectivity index (χ0v) is 16.9. The highest BCUT2D eigenvalue weighted by Gasteiger charge is 2.80. The highest BCUT2D eigenvalue weighted by Crippen LogP contribution is 2.48. The second-order valence-corrected chi connectivity index (χ2v) is 7.71. The summed E-state index contributed by atoms with van der Waals surface area (Å²) in [6, 6.07) is 1.42. The van der Waals surface area contributed by atoms with Gasteiger partial charge in [0.25, 0.3) is 0 Å². The van der Waals surface area contributed by atoms with E-state index in [-0.39, 0.29) is 5.75 Å². The van der Waals surface area contributed by atoms with Gasteiger partial charge in [-0.25, -0.2) is 0 Å². The molecule has 160 valence electrons. The number of hydrogen-bond acceptors (Lipinski definition) is 11. The van der Waals surface area contributed by atoms with Crippen LogP contribution < -0.4 is 4.74 Å². The highest BCUT2D eigenvalue weighted by molar-refractivity contribution is 7.08. The van der Waals surface area contributed by atoms with Crippen LogP contribution in [0.2, 0.25) is 0 Å². The molecule has 0 aliphatic carbocycles. The lowest BCUT2D eigenvalue weighted by atomic mass is 9.60. The van der Waals surface area contributed by atoms with E-state index in [4.69, 9.17) is 9.47 Å². The van der Waals surface area contributed by atoms with Crippen LogP contribution in [-0.4, -0.2) is 78.9 Å². The fraction of sp³-hybridized carbons (Fsp3) is 0.556. The Labute approximate surface area is 169 Å². The van der Waals surface area contributed by atoms with Crippen molar-refractivity contribution in [3.05, 3.63) is 16.8 Å². The third-order valence-corrected chi connectivity index (χ3v) is 5.81. The SMILES string of the molecule is CC(=O)C(O)[C@H]1O[C@H](Oc2ccsc2)[C@@](O)(C(C)=O)[C@](O)(C(C)=O)[C@@]1(O)C(C)=O. The molecule has 0 bridgehead atoms. The summed E-state index contributed by atoms with van der Waals surface area (Å²) in [4.78, 5) is 49.1. The minimum absolute atomic E-state index is 0.0647. The van der Waals surface area contributed by atoms with E-state index in [2.05, 4.69) is 0 Å². The third-order valence-electron chi connectivity index (χ3n) is 5.15. The number of Topliss-reactive ketones (excluding diaryl/α,β-unsaturated/α-hetero) is 4. The van der Waals surface area contributed by atoms with Crippen LogP contribution in [0.3, 0.4) is 0 Å². The smallest absolute Gasteiger partial charge is 0.240 e. The molecule has 0 spiro atoms. The van der Waals surface area contributed by atoms with Crippen molar-refractivity contribution in [1.29, 1.82) is 0 Å². The van der Waals surface area contributed by atoms with Crippen LogP contribution in [0.5, 0.6) is 5.75 Å². The summed E-state index contributed by atoms with van der Waals surface area (Å²) in [5, 5.41) is 46.8. The first kappa shape index (κ1) is 23.3. The number of aliphatic hydroxyl groups excluding tert-OH is 1. The molecule has 1 unspecified atom stereocenters. The van der Waals surface area contributed by atoms with E-state index in [1.165, 1.54) is 22.8 Å². The first-order valence-electron chi connectivity index (χ1n) is 8.49. The standard InChI is InChI=1S/C18H22O10S/c1-8(19)13(23)14-16(24,9(2)20)18(26,11(4)22)17(25,10(3)21)15(28-14)27-12-5-6-29-7-12/h5-7,13-15,23-26H,1-4H3/t13?,14-,15+,16-,17+,18+/m1/s1. The maximum atomic E-state index is 12.5. The summed E-state index contributed by atoms with van der Waals surface area (Å²) in [6.07, 6.45) is -6.57. The second kappa shape index (κ2) is 7.67. The molecule has 1 aromatic heterocycles. The lowest BCUT2D eigenvalue weighted by molar-refractivity contribution is -0.358. The summed E-state index contributed by atoms with van der Waals surface area (Å²) in [5.41, 5.74) is -10.1. The quantitative estimate of drug-likeness (QED) is 0.411. The van der Waals surface area contributed by atoms with Gasteiger partial charge in [0.1, 0.15) is 18.0 Å². The van der Waals surface area contributed by atoms with Crippen molar-refractivity contribution in [2.45, 2.75) is 63.0 Å². The van der Waals surface area contributed by atoms with Crippen LogP contribution in [-0.2, 0) is 23.9 Å². The van der Waals surface area contributed by atoms with Crippen molar-refractivity contribution in [2.24, 2.45) is 0 Å². The Hall–Kier alpha value is -2.02. The van der Waals surface area contributed by atoms with E-state index in [0.717, 1.165) is 27.7 Å². The molecular weight excluding hydrogens is 408 g/mol. The highest BCUT2D eigenvalue weighted by atomic mass is 32.1. The van der Waals surface area contributed by atoms with E-state index in [1.807, 2.05) is 0 Å². The summed E-state index contributed by atoms with van der Waals surface area (Å²) >= 11 is 1.18. The Morgan fingerprint density at radius 1 is 1.03 bits per heavy atom. The Balaban J connectivity index is 2.82. The Morgan fingerprint density at radius 3 is 1.97 bits per heavy atom. The molecule has 0 saturated carbocycles. The number of ketones is 4. The second-order valence-electron chi connectivity index (χ2n) is 6.93. The first-order valence-corrected chi connectivity index (χ1v) is 9.43. The lowest BCUT2D eigenvalue weighted by Gasteiger charge is -2.57. The molecule has 0 amide bonds. The van der Waals surface area contributed by atoms with Crippen molar-refractivity contribution in [3.8, 4) is 5.75 Å². The molecule has 1 aliphatic rings. The number of hydrogen-bond donors (Lipinski definition) is 4. The maximum absolute atomic E-state index is 12.5. The normalized spacial score (nSPS) is 35.6. The van der Waals surface area contributed by atoms with Gasteiger partial charge in [0.15, 0.2) is 28.7 Å². The van der Waals surface area contributed by atoms with Crippen LogP contribution in [0.1, 0.15) is 27.7 Å². The molecule has 1 aromatic rings. The lowest BCUT2D eigenvalue weighted by Crippen LogP contribution is -2.87. The van der Waals surface area contributed by atoms with Crippen LogP contribution in [0.4, 0.5) is 0 Å². The average Bonchev–Trinajstić information content (AvgIpc) is 3.13. The van der Waals surface area contributed by atoms with Gasteiger partial charge in [-0.3, -0.25) is 19.2 Å². The van der Waals surface area contributed by atoms with Crippen LogP contribution >= 0.6 is 11.3 Å². The van der Waals surface area contributed by atoms with Crippen molar-refractivity contribution in [3.63, 3.8) is 0 Å². The van der Waals surface area contributed by atoms with Crippen LogP contribution in [0.15, 0.2) is 16.8 Å². The molecule has 29 heavy (non-hydrogen) atoms. The van der Waals surface area contributed by atoms with E-state index in [1.54, 1.807) is 5.38 Å². The van der Waals surface area contributed by atoms with E-state index >= 15 is 0 Å². The number of carbonyl (C=O) groups excluding carboxylic acids is 4. The molecule has 1 fully saturated rings. The summed E-state index contributed by atoms with van der Waals surface area (Å²) in [7, 11) is 0. The van der Waals surface area contributed by atoms with E-state index < -0.39 is 58.4 Å². The molecule has 11 heteroatoms. The van der Waals surface area contributed by atoms with Gasteiger partial charge >= 0.3 is 0 Å². The molecule has 0 radical (unpaired) electrons. The van der Waals surface area contributed by atoms with Gasteiger partial charge in [0, 0.05) is 5.38 Å². The Morgan fingerprint density at radius 2 is 1.59 bits per heavy atom. The fourth-order valence-corrected chi connectivity index (χ4v) is 4.04. The molecule has 4 N–H and O–H groups in total. The zero-order chi connectivity index (χ0) is 22.4. The van der Waals surface area contributed by atoms with Gasteiger partial charge in [0.2, 0.25) is 17.5 Å². The summed E-state index contributed by atoms with van der Waals surface area (Å²) < 4.78 is 10.8. The molecule has 1 saturated heterocycles. The van der Waals surface area contributed by atoms with Gasteiger partial charge in [-0.2, -0.15) is 0 Å². The molecule has 6 atom stereocenters. The van der Waals surface area contributed by atoms with Crippen LogP contribution in [0.25, 0.3) is 0 Å². The Kier molecular flexibility index (Phi) is 6.15. The average molecular weight is 430 g/mol. The zero-order valence-electron chi connectivity index (χ0n) is 16.1. The molecular formula is C18H22O10S. The number of ether oxygens (including phenoxy) is 2. The van der Waals surface area contributed by atoms with E-state index in [9.17, 15) is 39.6 Å². The topological polar surface area (TPSA) is 168 Å². The van der Waals surface area contributed by atoms with Gasteiger partial charge in [-0.15, -0.1) is 11.3 Å². The van der Waals surface area contributed by atoms with Crippen molar-refractivity contribution < 1.29 is 49.1 Å². The monoisotopic (exact) mass is 430 g/mol. The van der Waals surface area contributed by atoms with Crippen molar-refractivity contribution in [2.75, 3.05) is 0 Å². The van der Waals surface area contributed by atoms with Crippen molar-refractivity contribution in [1.82, 2.24) is 0 Å². The molecule has 2 rings (SSSR count). The number of thiophene rings is 1. The minimum atomic E-state index is -3.50. The fourth-order valence-electron chi connectivity index (χ4n) is 3.48. The first-order chi connectivity index (χ1) is 13.3. The minimum Gasteiger partial charge on any atom is -0.460 e. The largest absolute Gasteiger partial charge is 0.460 e. The number of aliphatic hydroxyl groups is 4. The third kappa shape index (κ3) is 3.14. The Bertz CT molecular complexity index is 836. The molecule has 10 nitrogen and oxygen atoms in total. The van der Waals surface area contributed by atoms with E-state index in [0.29, 0.717) is 0 Å². The van der Waals surface area contributed by atoms with Gasteiger partial charge in [0.05, 0.1) is 0 Å². The van der Waals surface area contributed by atoms with Crippen LogP contribution in [0, 0.1) is 0 Å². The number of rotatable bonds is 7. The predicted molar refractivity (Wildman–Crippen MR) is 97.2 cm³/mol. The number of carbonyl (C=O) groups is 4. The molecule has 0 aromatic carbocycles. The summed E-state index contributed by atoms with van der Waals surface area (Å²) in [6.45, 7) is 3.19. The maximum Gasteiger partial charge on any atom is 0.240 e. The van der Waals surface area contributed by atoms with Gasteiger partial charge in [-0.05, 0) is 39.1 Å². The van der Waals surface area contributed by atoms with Crippen molar-refractivity contribution >= 4 is 34.5 Å². The molecule has 2 heterocycles. The predicted octanol–water partition coefficient (Wildman–Crippen LogP) is -1.24. The van der Waals surface area contributed by atoms with Gasteiger partial charge < -0.3 is 29.9 Å².